The van der Waals surface area contributed by atoms with Crippen LogP contribution in [0.4, 0.5) is 0 Å². The number of nitrogens with zero attached hydrogens (tertiary/aromatic N) is 1. The van der Waals surface area contributed by atoms with Crippen molar-refractivity contribution in [2.24, 2.45) is 5.92 Å². The van der Waals surface area contributed by atoms with Crippen LogP contribution < -0.4 is 0 Å². The summed E-state index contributed by atoms with van der Waals surface area (Å²) in [6, 6.07) is -0.193. The Balaban J connectivity index is 2.07. The highest BCUT2D eigenvalue weighted by Gasteiger charge is 2.40. The molecule has 0 aromatic heterocycles. The van der Waals surface area contributed by atoms with Gasteiger partial charge in [-0.1, -0.05) is 19.3 Å². The zero-order valence-corrected chi connectivity index (χ0v) is 12.2. The van der Waals surface area contributed by atoms with Crippen LogP contribution >= 0.6 is 0 Å². The molecular weight excluding hydrogens is 266 g/mol. The van der Waals surface area contributed by atoms with Crippen LogP contribution in [0.3, 0.4) is 0 Å². The summed E-state index contributed by atoms with van der Waals surface area (Å²) < 4.78 is 26.8. The van der Waals surface area contributed by atoms with Gasteiger partial charge in [-0.05, 0) is 32.6 Å². The van der Waals surface area contributed by atoms with Gasteiger partial charge >= 0.3 is 5.97 Å². The second kappa shape index (κ2) is 5.79. The van der Waals surface area contributed by atoms with Crippen LogP contribution in [0.15, 0.2) is 0 Å². The predicted octanol–water partition coefficient (Wildman–Crippen LogP) is 1.83. The lowest BCUT2D eigenvalue weighted by atomic mass is 9.93. The third-order valence-electron chi connectivity index (χ3n) is 4.46. The first-order valence-electron chi connectivity index (χ1n) is 7.16. The summed E-state index contributed by atoms with van der Waals surface area (Å²) in [5, 5.41) is 8.78. The van der Waals surface area contributed by atoms with Gasteiger partial charge in [-0.2, -0.15) is 4.31 Å². The van der Waals surface area contributed by atoms with E-state index in [9.17, 15) is 13.2 Å². The van der Waals surface area contributed by atoms with Crippen LogP contribution in [0.1, 0.15) is 51.9 Å². The van der Waals surface area contributed by atoms with E-state index in [-0.39, 0.29) is 11.3 Å². The minimum absolute atomic E-state index is 0.193. The molecule has 19 heavy (non-hydrogen) atoms. The number of hydrogen-bond acceptors (Lipinski definition) is 3. The molecule has 1 N–H and O–H groups in total. The smallest absolute Gasteiger partial charge is 0.306 e. The molecule has 0 aromatic rings. The molecular formula is C13H23NO4S. The van der Waals surface area contributed by atoms with Gasteiger partial charge in [0.25, 0.3) is 0 Å². The second-order valence-corrected chi connectivity index (χ2v) is 7.99. The van der Waals surface area contributed by atoms with Gasteiger partial charge in [0.15, 0.2) is 0 Å². The first kappa shape index (κ1) is 14.8. The summed E-state index contributed by atoms with van der Waals surface area (Å²) in [7, 11) is -3.24. The average Bonchev–Trinajstić information content (AvgIpc) is 2.39. The first-order valence-corrected chi connectivity index (χ1v) is 8.66. The maximum Gasteiger partial charge on any atom is 0.306 e. The number of aliphatic carboxylic acids is 1. The lowest BCUT2D eigenvalue weighted by Crippen LogP contribution is -2.49. The van der Waals surface area contributed by atoms with Crippen molar-refractivity contribution < 1.29 is 18.3 Å². The quantitative estimate of drug-likeness (QED) is 0.860. The molecule has 1 aliphatic carbocycles. The fourth-order valence-electron chi connectivity index (χ4n) is 3.31. The Morgan fingerprint density at radius 2 is 1.79 bits per heavy atom. The van der Waals surface area contributed by atoms with E-state index in [2.05, 4.69) is 0 Å². The molecule has 1 saturated carbocycles. The van der Waals surface area contributed by atoms with Gasteiger partial charge in [-0.15, -0.1) is 0 Å². The van der Waals surface area contributed by atoms with Crippen molar-refractivity contribution in [1.29, 1.82) is 0 Å². The average molecular weight is 289 g/mol. The number of hydrogen-bond donors (Lipinski definition) is 1. The Kier molecular flexibility index (Phi) is 4.50. The summed E-state index contributed by atoms with van der Waals surface area (Å²) in [6.45, 7) is 2.19. The highest BCUT2D eigenvalue weighted by molar-refractivity contribution is 7.89. The van der Waals surface area contributed by atoms with Gasteiger partial charge in [0.1, 0.15) is 0 Å². The molecule has 1 saturated heterocycles. The molecule has 110 valence electrons. The minimum Gasteiger partial charge on any atom is -0.481 e. The van der Waals surface area contributed by atoms with Crippen molar-refractivity contribution in [2.75, 3.05) is 6.54 Å². The molecule has 2 aliphatic rings. The molecule has 2 unspecified atom stereocenters. The van der Waals surface area contributed by atoms with Gasteiger partial charge in [0.2, 0.25) is 10.0 Å². The molecule has 1 heterocycles. The van der Waals surface area contributed by atoms with E-state index < -0.39 is 21.9 Å². The lowest BCUT2D eigenvalue weighted by Gasteiger charge is -2.38. The van der Waals surface area contributed by atoms with Gasteiger partial charge in [-0.25, -0.2) is 8.42 Å². The van der Waals surface area contributed by atoms with Crippen molar-refractivity contribution in [3.05, 3.63) is 0 Å². The van der Waals surface area contributed by atoms with E-state index in [0.717, 1.165) is 32.1 Å². The number of carboxylic acid groups (broad SMARTS) is 1. The summed E-state index contributed by atoms with van der Waals surface area (Å²) >= 11 is 0. The third-order valence-corrected chi connectivity index (χ3v) is 6.97. The monoisotopic (exact) mass is 289 g/mol. The van der Waals surface area contributed by atoms with E-state index in [1.54, 1.807) is 4.31 Å². The van der Waals surface area contributed by atoms with E-state index in [1.165, 1.54) is 0 Å². The van der Waals surface area contributed by atoms with Gasteiger partial charge in [0, 0.05) is 12.6 Å². The van der Waals surface area contributed by atoms with Crippen molar-refractivity contribution in [3.8, 4) is 0 Å². The molecule has 5 nitrogen and oxygen atoms in total. The van der Waals surface area contributed by atoms with Crippen molar-refractivity contribution in [2.45, 2.75) is 63.2 Å². The topological polar surface area (TPSA) is 74.7 Å². The van der Waals surface area contributed by atoms with E-state index in [0.29, 0.717) is 19.4 Å². The van der Waals surface area contributed by atoms with Crippen LogP contribution in [-0.4, -0.2) is 41.6 Å². The Morgan fingerprint density at radius 1 is 1.16 bits per heavy atom. The Morgan fingerprint density at radius 3 is 2.32 bits per heavy atom. The predicted molar refractivity (Wildman–Crippen MR) is 72.3 cm³/mol. The zero-order valence-electron chi connectivity index (χ0n) is 11.4. The fourth-order valence-corrected chi connectivity index (χ4v) is 5.57. The van der Waals surface area contributed by atoms with Crippen molar-refractivity contribution in [3.63, 3.8) is 0 Å². The molecule has 0 aromatic carbocycles. The van der Waals surface area contributed by atoms with Gasteiger partial charge in [-0.3, -0.25) is 4.79 Å². The van der Waals surface area contributed by atoms with Crippen LogP contribution in [0.25, 0.3) is 0 Å². The molecule has 1 aliphatic heterocycles. The third kappa shape index (κ3) is 3.11. The van der Waals surface area contributed by atoms with Crippen LogP contribution in [0.5, 0.6) is 0 Å². The molecule has 6 heteroatoms. The lowest BCUT2D eigenvalue weighted by molar-refractivity contribution is -0.143. The minimum atomic E-state index is -3.24. The number of sulfonamides is 1. The maximum absolute atomic E-state index is 12.6. The number of piperidine rings is 1. The highest BCUT2D eigenvalue weighted by atomic mass is 32.2. The number of carboxylic acids is 1. The first-order chi connectivity index (χ1) is 8.93. The van der Waals surface area contributed by atoms with Gasteiger partial charge in [0.05, 0.1) is 11.2 Å². The summed E-state index contributed by atoms with van der Waals surface area (Å²) in [5.74, 6) is -1.20. The van der Waals surface area contributed by atoms with E-state index in [1.807, 2.05) is 6.92 Å². The summed E-state index contributed by atoms with van der Waals surface area (Å²) in [5.41, 5.74) is 0. The largest absolute Gasteiger partial charge is 0.481 e. The molecule has 0 amide bonds. The fraction of sp³-hybridized carbons (Fsp3) is 0.923. The molecule has 2 fully saturated rings. The molecule has 2 rings (SSSR count). The zero-order chi connectivity index (χ0) is 14.0. The highest BCUT2D eigenvalue weighted by Crippen LogP contribution is 2.31. The molecule has 0 radical (unpaired) electrons. The van der Waals surface area contributed by atoms with Crippen LogP contribution in [0.2, 0.25) is 0 Å². The van der Waals surface area contributed by atoms with Crippen LogP contribution in [-0.2, 0) is 14.8 Å². The maximum atomic E-state index is 12.6. The number of carbonyl (C=O) groups is 1. The van der Waals surface area contributed by atoms with E-state index in [4.69, 9.17) is 5.11 Å². The van der Waals surface area contributed by atoms with Crippen LogP contribution in [0, 0.1) is 5.92 Å². The Hall–Kier alpha value is -0.620. The van der Waals surface area contributed by atoms with Gasteiger partial charge < -0.3 is 5.11 Å². The normalized spacial score (nSPS) is 31.2. The second-order valence-electron chi connectivity index (χ2n) is 5.82. The SMILES string of the molecule is CC1CC(C(=O)O)CCN1S(=O)(=O)C1CCCCC1. The number of rotatable bonds is 3. The molecule has 0 bridgehead atoms. The van der Waals surface area contributed by atoms with E-state index >= 15 is 0 Å². The summed E-state index contributed by atoms with van der Waals surface area (Å²) in [4.78, 5) is 11.0. The molecule has 2 atom stereocenters. The summed E-state index contributed by atoms with van der Waals surface area (Å²) in [6.07, 6.45) is 5.49. The standard InChI is InChI=1S/C13H23NO4S/c1-10-9-11(13(15)16)7-8-14(10)19(17,18)12-5-3-2-4-6-12/h10-12H,2-9H2,1H3,(H,15,16). The van der Waals surface area contributed by atoms with Crippen molar-refractivity contribution in [1.82, 2.24) is 4.31 Å². The molecule has 0 spiro atoms. The Labute approximate surface area is 115 Å². The van der Waals surface area contributed by atoms with Crippen molar-refractivity contribution >= 4 is 16.0 Å². The Bertz CT molecular complexity index is 428.